The topological polar surface area (TPSA) is 124 Å². The second-order valence-corrected chi connectivity index (χ2v) is 1.65. The van der Waals surface area contributed by atoms with Crippen molar-refractivity contribution in [3.8, 4) is 0 Å². The van der Waals surface area contributed by atoms with Crippen molar-refractivity contribution in [2.75, 3.05) is 13.1 Å². The van der Waals surface area contributed by atoms with E-state index in [0.717, 1.165) is 0 Å². The molecule has 0 unspecified atom stereocenters. The molecule has 0 aromatic heterocycles. The molecule has 0 aliphatic rings. The van der Waals surface area contributed by atoms with E-state index in [1.165, 1.54) is 0 Å². The van der Waals surface area contributed by atoms with Crippen molar-refractivity contribution in [3.63, 3.8) is 0 Å². The number of nitrogens with two attached hydrogens (primary N) is 2. The Balaban J connectivity index is 3.67. The van der Waals surface area contributed by atoms with E-state index in [1.54, 1.807) is 0 Å². The quantitative estimate of drug-likeness (QED) is 0.235. The van der Waals surface area contributed by atoms with Crippen molar-refractivity contribution in [2.45, 2.75) is 0 Å². The average Bonchev–Trinajstić information content (AvgIpc) is 1.85. The Kier molecular flexibility index (Phi) is 3.78. The zero-order valence-electron chi connectivity index (χ0n) is 5.46. The van der Waals surface area contributed by atoms with E-state index < -0.39 is 0 Å². The molecule has 56 valence electrons. The largest absolute Gasteiger partial charge is 0.386 e. The summed E-state index contributed by atoms with van der Waals surface area (Å²) in [6.45, 7) is 0.161. The lowest BCUT2D eigenvalue weighted by Gasteiger charge is -1.93. The van der Waals surface area contributed by atoms with Crippen LogP contribution in [0.15, 0.2) is 10.1 Å². The minimum Gasteiger partial charge on any atom is -0.386 e. The van der Waals surface area contributed by atoms with Crippen LogP contribution in [0.1, 0.15) is 0 Å². The first-order valence-electron chi connectivity index (χ1n) is 2.61. The van der Waals surface area contributed by atoms with Crippen LogP contribution in [-0.4, -0.2) is 24.8 Å². The van der Waals surface area contributed by atoms with E-state index in [0.29, 0.717) is 0 Å². The molecule has 0 spiro atoms. The van der Waals surface area contributed by atoms with Gasteiger partial charge >= 0.3 is 0 Å². The summed E-state index contributed by atoms with van der Waals surface area (Å²) < 4.78 is 0. The van der Waals surface area contributed by atoms with E-state index in [9.17, 15) is 0 Å². The highest BCUT2D eigenvalue weighted by atomic mass is 15.0. The number of hydrogen-bond acceptors (Lipinski definition) is 4. The normalized spacial score (nSPS) is 11.0. The Morgan fingerprint density at radius 1 is 1.30 bits per heavy atom. The fourth-order valence-corrected chi connectivity index (χ4v) is 0.318. The molecule has 0 aliphatic carbocycles. The summed E-state index contributed by atoms with van der Waals surface area (Å²) in [5, 5.41) is 9.75. The summed E-state index contributed by atoms with van der Waals surface area (Å²) in [6.07, 6.45) is 0. The molecular weight excluding hydrogens is 132 g/mol. The molecule has 0 fully saturated rings. The van der Waals surface area contributed by atoms with Gasteiger partial charge in [0.2, 0.25) is 0 Å². The van der Waals surface area contributed by atoms with Gasteiger partial charge in [-0.1, -0.05) is 0 Å². The molecule has 0 bridgehead atoms. The Hall–Kier alpha value is -1.46. The van der Waals surface area contributed by atoms with Crippen molar-refractivity contribution >= 4 is 11.7 Å². The zero-order valence-corrected chi connectivity index (χ0v) is 5.46. The third-order valence-corrected chi connectivity index (χ3v) is 0.694. The predicted octanol–water partition coefficient (Wildman–Crippen LogP) is -0.689. The van der Waals surface area contributed by atoms with Gasteiger partial charge in [-0.3, -0.25) is 10.4 Å². The van der Waals surface area contributed by atoms with Gasteiger partial charge in [-0.05, 0) is 0 Å². The van der Waals surface area contributed by atoms with Crippen LogP contribution in [0.3, 0.4) is 0 Å². The maximum atomic E-state index is 6.76. The lowest BCUT2D eigenvalue weighted by atomic mass is 10.5. The van der Waals surface area contributed by atoms with E-state index >= 15 is 0 Å². The van der Waals surface area contributed by atoms with Gasteiger partial charge in [-0.15, -0.1) is 0 Å². The second kappa shape index (κ2) is 4.42. The van der Waals surface area contributed by atoms with Crippen molar-refractivity contribution in [1.82, 2.24) is 0 Å². The summed E-state index contributed by atoms with van der Waals surface area (Å²) in [5.41, 5.74) is 16.6. The summed E-state index contributed by atoms with van der Waals surface area (Å²) in [4.78, 5) is 3.64. The Labute approximate surface area is 58.3 Å². The maximum absolute atomic E-state index is 6.76. The molecule has 0 aromatic carbocycles. The average molecular weight is 142 g/mol. The first-order chi connectivity index (χ1) is 4.66. The molecule has 0 radical (unpaired) electrons. The molecule has 0 aromatic rings. The summed E-state index contributed by atoms with van der Waals surface area (Å²) in [5.74, 6) is 0.179. The molecule has 6 heteroatoms. The maximum Gasteiger partial charge on any atom is 0.118 e. The number of nitrogens with one attached hydrogen (secondary N) is 2. The number of nitrogens with zero attached hydrogens (tertiary/aromatic N) is 2. The lowest BCUT2D eigenvalue weighted by molar-refractivity contribution is 1.01. The molecule has 0 atom stereocenters. The van der Waals surface area contributed by atoms with Gasteiger partial charge in [0, 0.05) is 0 Å². The van der Waals surface area contributed by atoms with E-state index in [2.05, 4.69) is 10.1 Å². The summed E-state index contributed by atoms with van der Waals surface area (Å²) >= 11 is 0. The van der Waals surface area contributed by atoms with E-state index in [4.69, 9.17) is 22.4 Å². The monoisotopic (exact) mass is 142 g/mol. The third-order valence-electron chi connectivity index (χ3n) is 0.694. The molecule has 0 amide bonds. The fourth-order valence-electron chi connectivity index (χ4n) is 0.318. The highest BCUT2D eigenvalue weighted by Crippen LogP contribution is 1.73. The second-order valence-electron chi connectivity index (χ2n) is 1.65. The number of hydrogen-bond donors (Lipinski definition) is 4. The van der Waals surface area contributed by atoms with Crippen LogP contribution in [0.4, 0.5) is 0 Å². The van der Waals surface area contributed by atoms with Crippen LogP contribution in [0.5, 0.6) is 0 Å². The zero-order chi connectivity index (χ0) is 7.98. The first kappa shape index (κ1) is 8.54. The molecule has 10 heavy (non-hydrogen) atoms. The number of rotatable bonds is 4. The molecule has 0 saturated carbocycles. The molecule has 6 N–H and O–H groups in total. The predicted molar refractivity (Wildman–Crippen MR) is 38.4 cm³/mol. The van der Waals surface area contributed by atoms with Crippen LogP contribution in [0.25, 0.3) is 0 Å². The lowest BCUT2D eigenvalue weighted by Crippen LogP contribution is -2.20. The standard InChI is InChI=1S/C4H10N6/c5-3(6)1-9-4(7)2-10-8/h8H,1-2H2,(H3,5,6)(H2,7,9). The van der Waals surface area contributed by atoms with Gasteiger partial charge in [-0.2, -0.15) is 5.11 Å². The molecular formula is C4H10N6. The Morgan fingerprint density at radius 3 is 2.30 bits per heavy atom. The van der Waals surface area contributed by atoms with Gasteiger partial charge in [-0.25, -0.2) is 5.53 Å². The van der Waals surface area contributed by atoms with Gasteiger partial charge in [0.1, 0.15) is 18.2 Å². The van der Waals surface area contributed by atoms with Crippen LogP contribution >= 0.6 is 0 Å². The van der Waals surface area contributed by atoms with Crippen molar-refractivity contribution < 1.29 is 0 Å². The van der Waals surface area contributed by atoms with Crippen molar-refractivity contribution in [3.05, 3.63) is 0 Å². The van der Waals surface area contributed by atoms with Crippen LogP contribution < -0.4 is 11.5 Å². The minimum atomic E-state index is -0.0482. The number of amidine groups is 2. The highest BCUT2D eigenvalue weighted by molar-refractivity contribution is 5.86. The first-order valence-corrected chi connectivity index (χ1v) is 2.61. The van der Waals surface area contributed by atoms with Crippen LogP contribution in [-0.2, 0) is 0 Å². The summed E-state index contributed by atoms with van der Waals surface area (Å²) in [6, 6.07) is 0. The third kappa shape index (κ3) is 4.69. The van der Waals surface area contributed by atoms with Gasteiger partial charge in [0.05, 0.1) is 6.54 Å². The molecule has 0 saturated heterocycles. The smallest absolute Gasteiger partial charge is 0.118 e. The highest BCUT2D eigenvalue weighted by Gasteiger charge is 1.89. The Morgan fingerprint density at radius 2 is 1.90 bits per heavy atom. The number of aliphatic imine (C=N–C) groups is 1. The molecule has 0 heterocycles. The Bertz CT molecular complexity index is 159. The summed E-state index contributed by atoms with van der Waals surface area (Å²) in [7, 11) is 0. The SMILES string of the molecule is N=NCC(N)=NCC(=N)N. The fraction of sp³-hybridized carbons (Fsp3) is 0.500. The van der Waals surface area contributed by atoms with Crippen molar-refractivity contribution in [2.24, 2.45) is 21.6 Å². The van der Waals surface area contributed by atoms with Gasteiger partial charge in [0.15, 0.2) is 0 Å². The molecule has 6 nitrogen and oxygen atoms in total. The van der Waals surface area contributed by atoms with E-state index in [-0.39, 0.29) is 24.8 Å². The van der Waals surface area contributed by atoms with Crippen LogP contribution in [0.2, 0.25) is 0 Å². The van der Waals surface area contributed by atoms with Crippen LogP contribution in [0, 0.1) is 10.9 Å². The minimum absolute atomic E-state index is 0.0482. The van der Waals surface area contributed by atoms with Gasteiger partial charge in [0.25, 0.3) is 0 Å². The van der Waals surface area contributed by atoms with E-state index in [1.807, 2.05) is 0 Å². The van der Waals surface area contributed by atoms with Crippen molar-refractivity contribution in [1.29, 1.82) is 10.9 Å². The van der Waals surface area contributed by atoms with Gasteiger partial charge < -0.3 is 11.5 Å². The molecule has 0 aliphatic heterocycles. The molecule has 0 rings (SSSR count).